The molecule has 5 rings (SSSR count). The van der Waals surface area contributed by atoms with Gasteiger partial charge in [-0.25, -0.2) is 14.2 Å². The Labute approximate surface area is 160 Å². The summed E-state index contributed by atoms with van der Waals surface area (Å²) in [6, 6.07) is 8.44. The maximum Gasteiger partial charge on any atom is 0.344 e. The van der Waals surface area contributed by atoms with Gasteiger partial charge in [-0.15, -0.1) is 0 Å². The third kappa shape index (κ3) is 2.88. The zero-order valence-corrected chi connectivity index (χ0v) is 15.3. The first-order chi connectivity index (χ1) is 13.7. The molecule has 0 bridgehead atoms. The standard InChI is InChI=1S/C21H19FN4O2/c22-15-6-8-19-23-12-18(26(19)13-15)20-16-7-5-14(11-17(16)24-28-20)21(27)25-9-3-1-2-4-10-25/h5-8,11-13H,1-4,9-10H2/p+1. The van der Waals surface area contributed by atoms with Gasteiger partial charge in [-0.2, -0.15) is 0 Å². The van der Waals surface area contributed by atoms with E-state index in [9.17, 15) is 9.18 Å². The molecule has 4 aromatic rings. The monoisotopic (exact) mass is 379 g/mol. The molecule has 28 heavy (non-hydrogen) atoms. The molecule has 0 unspecified atom stereocenters. The number of nitrogens with one attached hydrogen (secondary N) is 1. The van der Waals surface area contributed by atoms with Crippen LogP contribution in [0, 0.1) is 5.82 Å². The Morgan fingerprint density at radius 1 is 1.11 bits per heavy atom. The van der Waals surface area contributed by atoms with Gasteiger partial charge in [0.15, 0.2) is 5.76 Å². The number of hydrogen-bond donors (Lipinski definition) is 1. The number of nitrogens with zero attached hydrogens (tertiary/aromatic N) is 3. The fourth-order valence-electron chi connectivity index (χ4n) is 3.98. The molecule has 0 aliphatic carbocycles. The highest BCUT2D eigenvalue weighted by Gasteiger charge is 2.24. The molecule has 0 saturated carbocycles. The van der Waals surface area contributed by atoms with Crippen LogP contribution in [0.4, 0.5) is 4.39 Å². The maximum absolute atomic E-state index is 13.7. The van der Waals surface area contributed by atoms with E-state index >= 15 is 0 Å². The summed E-state index contributed by atoms with van der Waals surface area (Å²) < 4.78 is 20.9. The van der Waals surface area contributed by atoms with Crippen LogP contribution in [0.25, 0.3) is 28.0 Å². The van der Waals surface area contributed by atoms with E-state index in [2.05, 4.69) is 10.1 Å². The van der Waals surface area contributed by atoms with Gasteiger partial charge in [0.1, 0.15) is 22.7 Å². The summed E-state index contributed by atoms with van der Waals surface area (Å²) in [7, 11) is 0. The van der Waals surface area contributed by atoms with Crippen LogP contribution < -0.4 is 4.90 Å². The second-order valence-corrected chi connectivity index (χ2v) is 7.31. The maximum atomic E-state index is 13.7. The molecule has 6 nitrogen and oxygen atoms in total. The Kier molecular flexibility index (Phi) is 4.16. The van der Waals surface area contributed by atoms with Crippen LogP contribution in [0.5, 0.6) is 0 Å². The number of imidazole rings is 1. The van der Waals surface area contributed by atoms with Crippen molar-refractivity contribution in [3.8, 4) is 11.5 Å². The molecule has 0 radical (unpaired) electrons. The predicted molar refractivity (Wildman–Crippen MR) is 102 cm³/mol. The van der Waals surface area contributed by atoms with Crippen LogP contribution in [0.15, 0.2) is 47.2 Å². The average molecular weight is 379 g/mol. The van der Waals surface area contributed by atoms with E-state index in [1.165, 1.54) is 25.1 Å². The molecule has 1 aliphatic rings. The quantitative estimate of drug-likeness (QED) is 0.582. The van der Waals surface area contributed by atoms with Gasteiger partial charge in [0, 0.05) is 6.20 Å². The highest BCUT2D eigenvalue weighted by Crippen LogP contribution is 2.29. The lowest BCUT2D eigenvalue weighted by Crippen LogP contribution is -3.14. The lowest BCUT2D eigenvalue weighted by molar-refractivity contribution is -0.813. The van der Waals surface area contributed by atoms with E-state index in [0.29, 0.717) is 28.2 Å². The summed E-state index contributed by atoms with van der Waals surface area (Å²) in [4.78, 5) is 18.2. The van der Waals surface area contributed by atoms with Gasteiger partial charge in [-0.1, -0.05) is 5.16 Å². The summed E-state index contributed by atoms with van der Waals surface area (Å²) >= 11 is 0. The zero-order valence-electron chi connectivity index (χ0n) is 15.3. The first-order valence-corrected chi connectivity index (χ1v) is 9.62. The Bertz CT molecular complexity index is 1170. The molecule has 4 heterocycles. The van der Waals surface area contributed by atoms with E-state index in [1.54, 1.807) is 22.7 Å². The van der Waals surface area contributed by atoms with Crippen molar-refractivity contribution < 1.29 is 18.6 Å². The summed E-state index contributed by atoms with van der Waals surface area (Å²) in [5.74, 6) is 0.267. The van der Waals surface area contributed by atoms with Gasteiger partial charge in [0.2, 0.25) is 0 Å². The second-order valence-electron chi connectivity index (χ2n) is 7.31. The Hall–Kier alpha value is -3.06. The number of halogens is 1. The number of pyridine rings is 1. The number of aromatic nitrogens is 3. The summed E-state index contributed by atoms with van der Waals surface area (Å²) in [5, 5.41) is 4.91. The lowest BCUT2D eigenvalue weighted by atomic mass is 10.1. The molecule has 1 aliphatic heterocycles. The Morgan fingerprint density at radius 3 is 2.75 bits per heavy atom. The van der Waals surface area contributed by atoms with E-state index < -0.39 is 0 Å². The van der Waals surface area contributed by atoms with E-state index in [0.717, 1.165) is 36.2 Å². The van der Waals surface area contributed by atoms with Crippen molar-refractivity contribution in [3.63, 3.8) is 0 Å². The highest BCUT2D eigenvalue weighted by molar-refractivity contribution is 5.97. The first kappa shape index (κ1) is 17.1. The fraction of sp³-hybridized carbons (Fsp3) is 0.286. The molecule has 0 atom stereocenters. The molecular formula is C21H20FN4O2+. The highest BCUT2D eigenvalue weighted by atomic mass is 19.1. The smallest absolute Gasteiger partial charge is 0.344 e. The van der Waals surface area contributed by atoms with Crippen molar-refractivity contribution in [2.45, 2.75) is 25.7 Å². The van der Waals surface area contributed by atoms with Crippen LogP contribution >= 0.6 is 0 Å². The van der Waals surface area contributed by atoms with E-state index in [1.807, 2.05) is 12.1 Å². The largest absolute Gasteiger partial charge is 0.353 e. The number of benzene rings is 1. The molecular weight excluding hydrogens is 359 g/mol. The zero-order chi connectivity index (χ0) is 19.1. The fourth-order valence-corrected chi connectivity index (χ4v) is 3.98. The molecule has 7 heteroatoms. The SMILES string of the molecule is O=C(c1ccc2c(-c3cnc4ccc(F)cn34)onc2c1)[NH+]1CCCCCC1. The van der Waals surface area contributed by atoms with Crippen LogP contribution in [-0.2, 0) is 0 Å². The molecule has 0 spiro atoms. The summed E-state index contributed by atoms with van der Waals surface area (Å²) in [6.07, 6.45) is 7.57. The minimum Gasteiger partial charge on any atom is -0.353 e. The van der Waals surface area contributed by atoms with Crippen molar-refractivity contribution in [3.05, 3.63) is 54.1 Å². The van der Waals surface area contributed by atoms with Gasteiger partial charge < -0.3 is 4.52 Å². The number of likely N-dealkylation sites (tertiary alicyclic amines) is 1. The van der Waals surface area contributed by atoms with Crippen molar-refractivity contribution in [1.82, 2.24) is 14.5 Å². The number of rotatable bonds is 2. The molecule has 142 valence electrons. The van der Waals surface area contributed by atoms with E-state index in [4.69, 9.17) is 4.52 Å². The van der Waals surface area contributed by atoms with Gasteiger partial charge in [-0.3, -0.25) is 9.30 Å². The number of amides is 1. The lowest BCUT2D eigenvalue weighted by Gasteiger charge is -2.14. The first-order valence-electron chi connectivity index (χ1n) is 9.62. The topological polar surface area (TPSA) is 64.8 Å². The molecule has 1 aromatic carbocycles. The van der Waals surface area contributed by atoms with Crippen molar-refractivity contribution >= 4 is 22.5 Å². The molecule has 1 fully saturated rings. The molecule has 1 amide bonds. The number of carbonyl (C=O) groups is 1. The van der Waals surface area contributed by atoms with Crippen molar-refractivity contribution in [2.75, 3.05) is 13.1 Å². The minimum atomic E-state index is -0.358. The number of quaternary nitrogens is 1. The summed E-state index contributed by atoms with van der Waals surface area (Å²) in [6.45, 7) is 1.77. The normalized spacial score (nSPS) is 15.9. The third-order valence-corrected chi connectivity index (χ3v) is 5.47. The number of carbonyl (C=O) groups excluding carboxylic acids is 1. The molecule has 3 aromatic heterocycles. The number of fused-ring (bicyclic) bond motifs is 2. The Morgan fingerprint density at radius 2 is 1.93 bits per heavy atom. The van der Waals surface area contributed by atoms with Crippen LogP contribution in [-0.4, -0.2) is 33.5 Å². The van der Waals surface area contributed by atoms with Gasteiger partial charge in [0.05, 0.1) is 30.2 Å². The van der Waals surface area contributed by atoms with Gasteiger partial charge in [-0.05, 0) is 56.0 Å². The van der Waals surface area contributed by atoms with Crippen molar-refractivity contribution in [1.29, 1.82) is 0 Å². The van der Waals surface area contributed by atoms with Crippen LogP contribution in [0.3, 0.4) is 0 Å². The van der Waals surface area contributed by atoms with Crippen molar-refractivity contribution in [2.24, 2.45) is 0 Å². The minimum absolute atomic E-state index is 0.116. The third-order valence-electron chi connectivity index (χ3n) is 5.47. The Balaban J connectivity index is 1.53. The van der Waals surface area contributed by atoms with E-state index in [-0.39, 0.29) is 11.7 Å². The predicted octanol–water partition coefficient (Wildman–Crippen LogP) is 2.88. The molecule has 1 saturated heterocycles. The summed E-state index contributed by atoms with van der Waals surface area (Å²) in [5.41, 5.74) is 2.50. The van der Waals surface area contributed by atoms with Gasteiger partial charge >= 0.3 is 5.91 Å². The second kappa shape index (κ2) is 6.83. The van der Waals surface area contributed by atoms with Crippen LogP contribution in [0.2, 0.25) is 0 Å². The average Bonchev–Trinajstić information content (AvgIpc) is 3.20. The van der Waals surface area contributed by atoms with Crippen LogP contribution in [0.1, 0.15) is 36.0 Å². The van der Waals surface area contributed by atoms with Gasteiger partial charge in [0.25, 0.3) is 0 Å². The molecule has 1 N–H and O–H groups in total. The number of hydrogen-bond acceptors (Lipinski definition) is 4.